The highest BCUT2D eigenvalue weighted by Gasteiger charge is 2.24. The fourth-order valence-electron chi connectivity index (χ4n) is 1.97. The Morgan fingerprint density at radius 3 is 2.79 bits per heavy atom. The Morgan fingerprint density at radius 2 is 2.29 bits per heavy atom. The quantitative estimate of drug-likeness (QED) is 0.773. The maximum atomic E-state index is 5.64. The van der Waals surface area contributed by atoms with Crippen LogP contribution in [0.15, 0.2) is 18.2 Å². The van der Waals surface area contributed by atoms with Crippen molar-refractivity contribution in [2.45, 2.75) is 32.9 Å². The molecule has 2 heteroatoms. The van der Waals surface area contributed by atoms with Crippen LogP contribution in [0.4, 0.5) is 5.69 Å². The zero-order valence-electron chi connectivity index (χ0n) is 8.96. The van der Waals surface area contributed by atoms with Gasteiger partial charge >= 0.3 is 0 Å². The standard InChI is InChI=1S/C12H18N2/c1-9-3-4-11(8-13)7-12(9)14-6-5-10(14)2/h3-4,7,10H,5-6,8,13H2,1-2H3. The lowest BCUT2D eigenvalue weighted by Crippen LogP contribution is -2.46. The molecule has 0 aliphatic carbocycles. The highest BCUT2D eigenvalue weighted by molar-refractivity contribution is 5.57. The second kappa shape index (κ2) is 3.62. The molecule has 2 nitrogen and oxygen atoms in total. The first kappa shape index (κ1) is 9.53. The summed E-state index contributed by atoms with van der Waals surface area (Å²) in [6, 6.07) is 7.21. The van der Waals surface area contributed by atoms with Gasteiger partial charge in [0.1, 0.15) is 0 Å². The molecule has 1 atom stereocenters. The molecular weight excluding hydrogens is 172 g/mol. The first-order chi connectivity index (χ1) is 6.72. The van der Waals surface area contributed by atoms with Crippen LogP contribution in [0.5, 0.6) is 0 Å². The normalized spacial score (nSPS) is 20.8. The number of anilines is 1. The summed E-state index contributed by atoms with van der Waals surface area (Å²) in [5, 5.41) is 0. The van der Waals surface area contributed by atoms with Crippen LogP contribution in [0.2, 0.25) is 0 Å². The molecule has 1 heterocycles. The van der Waals surface area contributed by atoms with Crippen molar-refractivity contribution >= 4 is 5.69 Å². The van der Waals surface area contributed by atoms with E-state index < -0.39 is 0 Å². The summed E-state index contributed by atoms with van der Waals surface area (Å²) < 4.78 is 0. The molecule has 14 heavy (non-hydrogen) atoms. The second-order valence-electron chi connectivity index (χ2n) is 4.16. The average Bonchev–Trinajstić information content (AvgIpc) is 2.19. The number of rotatable bonds is 2. The minimum atomic E-state index is 0.634. The van der Waals surface area contributed by atoms with Crippen LogP contribution >= 0.6 is 0 Å². The van der Waals surface area contributed by atoms with Gasteiger partial charge in [-0.15, -0.1) is 0 Å². The Balaban J connectivity index is 2.31. The molecule has 0 radical (unpaired) electrons. The lowest BCUT2D eigenvalue weighted by molar-refractivity contribution is 0.480. The lowest BCUT2D eigenvalue weighted by Gasteiger charge is -2.41. The number of nitrogens with zero attached hydrogens (tertiary/aromatic N) is 1. The molecule has 0 aromatic heterocycles. The van der Waals surface area contributed by atoms with Crippen LogP contribution in [0.3, 0.4) is 0 Å². The molecule has 1 aliphatic rings. The van der Waals surface area contributed by atoms with Gasteiger partial charge in [-0.1, -0.05) is 12.1 Å². The Labute approximate surface area is 85.7 Å². The van der Waals surface area contributed by atoms with E-state index in [4.69, 9.17) is 5.73 Å². The number of benzene rings is 1. The largest absolute Gasteiger partial charge is 0.368 e. The van der Waals surface area contributed by atoms with Crippen LogP contribution in [0.1, 0.15) is 24.5 Å². The Morgan fingerprint density at radius 1 is 1.50 bits per heavy atom. The van der Waals surface area contributed by atoms with E-state index in [-0.39, 0.29) is 0 Å². The van der Waals surface area contributed by atoms with Gasteiger partial charge in [-0.25, -0.2) is 0 Å². The molecule has 2 N–H and O–H groups in total. The third kappa shape index (κ3) is 1.50. The lowest BCUT2D eigenvalue weighted by atomic mass is 10.0. The first-order valence-electron chi connectivity index (χ1n) is 5.28. The minimum absolute atomic E-state index is 0.634. The van der Waals surface area contributed by atoms with Gasteiger partial charge in [-0.2, -0.15) is 0 Å². The van der Waals surface area contributed by atoms with E-state index in [1.807, 2.05) is 0 Å². The summed E-state index contributed by atoms with van der Waals surface area (Å²) >= 11 is 0. The van der Waals surface area contributed by atoms with Gasteiger partial charge in [0, 0.05) is 24.8 Å². The second-order valence-corrected chi connectivity index (χ2v) is 4.16. The predicted molar refractivity (Wildman–Crippen MR) is 60.5 cm³/mol. The molecule has 1 fully saturated rings. The summed E-state index contributed by atoms with van der Waals surface area (Å²) in [6.45, 7) is 6.27. The summed E-state index contributed by atoms with van der Waals surface area (Å²) in [5.41, 5.74) is 9.59. The molecule has 0 spiro atoms. The van der Waals surface area contributed by atoms with Crippen LogP contribution in [-0.2, 0) is 6.54 Å². The van der Waals surface area contributed by atoms with E-state index in [1.165, 1.54) is 29.8 Å². The third-order valence-corrected chi connectivity index (χ3v) is 3.14. The van der Waals surface area contributed by atoms with Crippen molar-refractivity contribution in [3.05, 3.63) is 29.3 Å². The van der Waals surface area contributed by atoms with E-state index >= 15 is 0 Å². The van der Waals surface area contributed by atoms with Gasteiger partial charge < -0.3 is 10.6 Å². The highest BCUT2D eigenvalue weighted by atomic mass is 15.2. The Bertz CT molecular complexity index is 333. The topological polar surface area (TPSA) is 29.3 Å². The molecule has 1 aromatic carbocycles. The zero-order chi connectivity index (χ0) is 10.1. The van der Waals surface area contributed by atoms with Gasteiger partial charge in [0.15, 0.2) is 0 Å². The van der Waals surface area contributed by atoms with E-state index in [9.17, 15) is 0 Å². The molecule has 1 aromatic rings. The fraction of sp³-hybridized carbons (Fsp3) is 0.500. The molecule has 76 valence electrons. The molecule has 0 saturated carbocycles. The van der Waals surface area contributed by atoms with Crippen LogP contribution in [0.25, 0.3) is 0 Å². The highest BCUT2D eigenvalue weighted by Crippen LogP contribution is 2.29. The Kier molecular flexibility index (Phi) is 2.46. The first-order valence-corrected chi connectivity index (χ1v) is 5.28. The van der Waals surface area contributed by atoms with Gasteiger partial charge in [-0.05, 0) is 37.5 Å². The van der Waals surface area contributed by atoms with Crippen LogP contribution in [-0.4, -0.2) is 12.6 Å². The van der Waals surface area contributed by atoms with Crippen LogP contribution < -0.4 is 10.6 Å². The number of nitrogens with two attached hydrogens (primary N) is 1. The summed E-state index contributed by atoms with van der Waals surface area (Å²) in [5.74, 6) is 0. The molecule has 2 rings (SSSR count). The summed E-state index contributed by atoms with van der Waals surface area (Å²) in [7, 11) is 0. The number of hydrogen-bond acceptors (Lipinski definition) is 2. The zero-order valence-corrected chi connectivity index (χ0v) is 8.96. The minimum Gasteiger partial charge on any atom is -0.368 e. The number of aryl methyl sites for hydroxylation is 1. The molecule has 1 unspecified atom stereocenters. The van der Waals surface area contributed by atoms with Crippen molar-refractivity contribution in [1.29, 1.82) is 0 Å². The Hall–Kier alpha value is -1.02. The molecule has 0 bridgehead atoms. The van der Waals surface area contributed by atoms with E-state index in [0.29, 0.717) is 12.6 Å². The maximum absolute atomic E-state index is 5.64. The third-order valence-electron chi connectivity index (χ3n) is 3.14. The van der Waals surface area contributed by atoms with Crippen LogP contribution in [0, 0.1) is 6.92 Å². The van der Waals surface area contributed by atoms with Crippen molar-refractivity contribution in [1.82, 2.24) is 0 Å². The molecule has 1 aliphatic heterocycles. The van der Waals surface area contributed by atoms with Gasteiger partial charge in [0.25, 0.3) is 0 Å². The van der Waals surface area contributed by atoms with Gasteiger partial charge in [0.05, 0.1) is 0 Å². The monoisotopic (exact) mass is 190 g/mol. The van der Waals surface area contributed by atoms with Gasteiger partial charge in [-0.3, -0.25) is 0 Å². The van der Waals surface area contributed by atoms with E-state index in [2.05, 4.69) is 36.9 Å². The van der Waals surface area contributed by atoms with Crippen molar-refractivity contribution in [3.8, 4) is 0 Å². The fourth-order valence-corrected chi connectivity index (χ4v) is 1.97. The van der Waals surface area contributed by atoms with Crippen molar-refractivity contribution in [2.75, 3.05) is 11.4 Å². The molecule has 0 amide bonds. The molecule has 1 saturated heterocycles. The predicted octanol–water partition coefficient (Wildman–Crippen LogP) is 2.05. The van der Waals surface area contributed by atoms with Crippen molar-refractivity contribution in [2.24, 2.45) is 5.73 Å². The smallest absolute Gasteiger partial charge is 0.0401 e. The summed E-state index contributed by atoms with van der Waals surface area (Å²) in [4.78, 5) is 2.45. The van der Waals surface area contributed by atoms with E-state index in [1.54, 1.807) is 0 Å². The number of hydrogen-bond donors (Lipinski definition) is 1. The SMILES string of the molecule is Cc1ccc(CN)cc1N1CCC1C. The van der Waals surface area contributed by atoms with E-state index in [0.717, 1.165) is 0 Å². The van der Waals surface area contributed by atoms with Gasteiger partial charge in [0.2, 0.25) is 0 Å². The van der Waals surface area contributed by atoms with Crippen molar-refractivity contribution < 1.29 is 0 Å². The average molecular weight is 190 g/mol. The summed E-state index contributed by atoms with van der Waals surface area (Å²) in [6.07, 6.45) is 1.31. The molecular formula is C12H18N2. The van der Waals surface area contributed by atoms with Crippen molar-refractivity contribution in [3.63, 3.8) is 0 Å². The maximum Gasteiger partial charge on any atom is 0.0401 e.